The van der Waals surface area contributed by atoms with E-state index in [1.54, 1.807) is 0 Å². The molecule has 0 radical (unpaired) electrons. The standard InChI is InChI=1S/C20H42O/c1-4-7-10-13-16-19-20(21,17-14-11-8-5-2)18-15-12-9-6-3/h21H,4-19H2,1-3H3. The van der Waals surface area contributed by atoms with Crippen molar-refractivity contribution in [1.82, 2.24) is 0 Å². The largest absolute Gasteiger partial charge is 0.390 e. The molecule has 0 fully saturated rings. The van der Waals surface area contributed by atoms with E-state index in [0.29, 0.717) is 0 Å². The maximum absolute atomic E-state index is 11.0. The summed E-state index contributed by atoms with van der Waals surface area (Å²) in [7, 11) is 0. The molecule has 0 aliphatic heterocycles. The molecule has 0 spiro atoms. The molecule has 0 saturated carbocycles. The van der Waals surface area contributed by atoms with Gasteiger partial charge in [-0.25, -0.2) is 0 Å². The second-order valence-electron chi connectivity index (χ2n) is 7.01. The summed E-state index contributed by atoms with van der Waals surface area (Å²) in [5, 5.41) is 11.0. The Kier molecular flexibility index (Phi) is 14.9. The van der Waals surface area contributed by atoms with Crippen LogP contribution in [0.1, 0.15) is 124 Å². The normalized spacial score (nSPS) is 12.0. The predicted octanol–water partition coefficient (Wildman–Crippen LogP) is 7.02. The van der Waals surface area contributed by atoms with Crippen LogP contribution in [0.4, 0.5) is 0 Å². The summed E-state index contributed by atoms with van der Waals surface area (Å²) in [4.78, 5) is 0. The summed E-state index contributed by atoms with van der Waals surface area (Å²) in [6.45, 7) is 6.77. The van der Waals surface area contributed by atoms with Gasteiger partial charge in [0.25, 0.3) is 0 Å². The van der Waals surface area contributed by atoms with Gasteiger partial charge in [-0.3, -0.25) is 0 Å². The Morgan fingerprint density at radius 1 is 0.476 bits per heavy atom. The second kappa shape index (κ2) is 14.9. The molecule has 0 aromatic carbocycles. The molecule has 1 nitrogen and oxygen atoms in total. The highest BCUT2D eigenvalue weighted by atomic mass is 16.3. The SMILES string of the molecule is CCCCCCCC(O)(CCCCCC)CCCCCC. The molecule has 0 bridgehead atoms. The molecule has 0 heterocycles. The molecule has 0 atom stereocenters. The lowest BCUT2D eigenvalue weighted by atomic mass is 9.85. The fraction of sp³-hybridized carbons (Fsp3) is 1.00. The molecular weight excluding hydrogens is 256 g/mol. The maximum Gasteiger partial charge on any atom is 0.0647 e. The summed E-state index contributed by atoms with van der Waals surface area (Å²) in [6.07, 6.45) is 19.9. The van der Waals surface area contributed by atoms with Crippen LogP contribution in [-0.2, 0) is 0 Å². The number of hydrogen-bond donors (Lipinski definition) is 1. The molecule has 21 heavy (non-hydrogen) atoms. The first-order valence-electron chi connectivity index (χ1n) is 9.91. The summed E-state index contributed by atoms with van der Waals surface area (Å²) in [6, 6.07) is 0. The van der Waals surface area contributed by atoms with E-state index in [4.69, 9.17) is 0 Å². The third kappa shape index (κ3) is 13.4. The average molecular weight is 299 g/mol. The van der Waals surface area contributed by atoms with Crippen LogP contribution < -0.4 is 0 Å². The number of unbranched alkanes of at least 4 members (excludes halogenated alkanes) is 10. The van der Waals surface area contributed by atoms with Gasteiger partial charge in [0.2, 0.25) is 0 Å². The first-order valence-corrected chi connectivity index (χ1v) is 9.91. The molecule has 0 aliphatic carbocycles. The van der Waals surface area contributed by atoms with Gasteiger partial charge in [-0.05, 0) is 19.3 Å². The Morgan fingerprint density at radius 2 is 0.762 bits per heavy atom. The van der Waals surface area contributed by atoms with Crippen LogP contribution in [0.2, 0.25) is 0 Å². The van der Waals surface area contributed by atoms with Gasteiger partial charge in [0.15, 0.2) is 0 Å². The van der Waals surface area contributed by atoms with E-state index in [0.717, 1.165) is 19.3 Å². The molecule has 0 amide bonds. The first-order chi connectivity index (χ1) is 10.2. The van der Waals surface area contributed by atoms with E-state index < -0.39 is 0 Å². The van der Waals surface area contributed by atoms with E-state index in [2.05, 4.69) is 20.8 Å². The lowest BCUT2D eigenvalue weighted by molar-refractivity contribution is 0.00710. The van der Waals surface area contributed by atoms with Crippen LogP contribution in [-0.4, -0.2) is 10.7 Å². The van der Waals surface area contributed by atoms with Crippen molar-refractivity contribution in [3.63, 3.8) is 0 Å². The molecule has 128 valence electrons. The van der Waals surface area contributed by atoms with Gasteiger partial charge >= 0.3 is 0 Å². The smallest absolute Gasteiger partial charge is 0.0647 e. The number of aliphatic hydroxyl groups is 1. The van der Waals surface area contributed by atoms with Crippen molar-refractivity contribution in [2.24, 2.45) is 0 Å². The zero-order chi connectivity index (χ0) is 15.8. The van der Waals surface area contributed by atoms with E-state index >= 15 is 0 Å². The second-order valence-corrected chi connectivity index (χ2v) is 7.01. The molecule has 0 unspecified atom stereocenters. The molecule has 0 rings (SSSR count). The topological polar surface area (TPSA) is 20.2 Å². The molecule has 1 heteroatoms. The molecule has 0 aromatic rings. The van der Waals surface area contributed by atoms with Crippen molar-refractivity contribution < 1.29 is 5.11 Å². The van der Waals surface area contributed by atoms with Crippen LogP contribution in [0.5, 0.6) is 0 Å². The number of hydrogen-bond acceptors (Lipinski definition) is 1. The molecule has 0 saturated heterocycles. The molecule has 1 N–H and O–H groups in total. The van der Waals surface area contributed by atoms with Crippen LogP contribution in [0.15, 0.2) is 0 Å². The average Bonchev–Trinajstić information content (AvgIpc) is 2.48. The van der Waals surface area contributed by atoms with E-state index in [9.17, 15) is 5.11 Å². The Hall–Kier alpha value is -0.0400. The van der Waals surface area contributed by atoms with Crippen LogP contribution >= 0.6 is 0 Å². The Balaban J connectivity index is 3.98. The highest BCUT2D eigenvalue weighted by Crippen LogP contribution is 2.28. The van der Waals surface area contributed by atoms with Crippen molar-refractivity contribution in [1.29, 1.82) is 0 Å². The summed E-state index contributed by atoms with van der Waals surface area (Å²) in [5.41, 5.74) is -0.353. The van der Waals surface area contributed by atoms with Gasteiger partial charge in [-0.2, -0.15) is 0 Å². The Bertz CT molecular complexity index is 188. The number of rotatable bonds is 16. The van der Waals surface area contributed by atoms with E-state index in [-0.39, 0.29) is 5.60 Å². The van der Waals surface area contributed by atoms with Crippen LogP contribution in [0, 0.1) is 0 Å². The predicted molar refractivity (Wildman–Crippen MR) is 95.8 cm³/mol. The van der Waals surface area contributed by atoms with E-state index in [1.165, 1.54) is 83.5 Å². The zero-order valence-corrected chi connectivity index (χ0v) is 15.3. The maximum atomic E-state index is 11.0. The van der Waals surface area contributed by atoms with Crippen molar-refractivity contribution in [2.45, 2.75) is 129 Å². The van der Waals surface area contributed by atoms with E-state index in [1.807, 2.05) is 0 Å². The lowest BCUT2D eigenvalue weighted by Gasteiger charge is -2.28. The summed E-state index contributed by atoms with van der Waals surface area (Å²) >= 11 is 0. The molecule has 0 aliphatic rings. The van der Waals surface area contributed by atoms with Crippen molar-refractivity contribution in [3.8, 4) is 0 Å². The van der Waals surface area contributed by atoms with Gasteiger partial charge in [0, 0.05) is 0 Å². The Morgan fingerprint density at radius 3 is 1.10 bits per heavy atom. The monoisotopic (exact) mass is 298 g/mol. The summed E-state index contributed by atoms with van der Waals surface area (Å²) in [5.74, 6) is 0. The first kappa shape index (κ1) is 21.0. The molecule has 0 aromatic heterocycles. The zero-order valence-electron chi connectivity index (χ0n) is 15.3. The minimum absolute atomic E-state index is 0.353. The van der Waals surface area contributed by atoms with Crippen molar-refractivity contribution >= 4 is 0 Å². The third-order valence-corrected chi connectivity index (χ3v) is 4.74. The van der Waals surface area contributed by atoms with Gasteiger partial charge < -0.3 is 5.11 Å². The minimum atomic E-state index is -0.353. The van der Waals surface area contributed by atoms with Gasteiger partial charge in [-0.1, -0.05) is 104 Å². The third-order valence-electron chi connectivity index (χ3n) is 4.74. The molecular formula is C20H42O. The summed E-state index contributed by atoms with van der Waals surface area (Å²) < 4.78 is 0. The van der Waals surface area contributed by atoms with Gasteiger partial charge in [0.1, 0.15) is 0 Å². The highest BCUT2D eigenvalue weighted by Gasteiger charge is 2.24. The van der Waals surface area contributed by atoms with Crippen molar-refractivity contribution in [3.05, 3.63) is 0 Å². The van der Waals surface area contributed by atoms with Gasteiger partial charge in [-0.15, -0.1) is 0 Å². The fourth-order valence-electron chi connectivity index (χ4n) is 3.19. The lowest BCUT2D eigenvalue weighted by Crippen LogP contribution is -2.28. The Labute approximate surface area is 134 Å². The van der Waals surface area contributed by atoms with Crippen molar-refractivity contribution in [2.75, 3.05) is 0 Å². The quantitative estimate of drug-likeness (QED) is 0.304. The minimum Gasteiger partial charge on any atom is -0.390 e. The highest BCUT2D eigenvalue weighted by molar-refractivity contribution is 4.78. The van der Waals surface area contributed by atoms with Gasteiger partial charge in [0.05, 0.1) is 5.60 Å². The van der Waals surface area contributed by atoms with Crippen LogP contribution in [0.25, 0.3) is 0 Å². The van der Waals surface area contributed by atoms with Crippen LogP contribution in [0.3, 0.4) is 0 Å². The fourth-order valence-corrected chi connectivity index (χ4v) is 3.19.